The van der Waals surface area contributed by atoms with Crippen LogP contribution in [-0.2, 0) is 6.42 Å². The van der Waals surface area contributed by atoms with Crippen LogP contribution < -0.4 is 10.1 Å². The van der Waals surface area contributed by atoms with Gasteiger partial charge in [0.05, 0.1) is 24.4 Å². The molecule has 5 nitrogen and oxygen atoms in total. The number of halogens is 3. The number of aromatic nitrogens is 3. The molecule has 0 saturated carbocycles. The Hall–Kier alpha value is -3.16. The largest absolute Gasteiger partial charge is 0.488 e. The van der Waals surface area contributed by atoms with E-state index in [1.54, 1.807) is 20.0 Å². The van der Waals surface area contributed by atoms with Crippen LogP contribution in [0.5, 0.6) is 5.75 Å². The molecule has 2 aromatic heterocycles. The van der Waals surface area contributed by atoms with Crippen molar-refractivity contribution in [1.82, 2.24) is 15.0 Å². The van der Waals surface area contributed by atoms with Crippen LogP contribution in [0.2, 0.25) is 0 Å². The number of nitrogens with one attached hydrogen (secondary N) is 1. The molecule has 0 unspecified atom stereocenters. The summed E-state index contributed by atoms with van der Waals surface area (Å²) in [6.45, 7) is 3.73. The predicted molar refractivity (Wildman–Crippen MR) is 104 cm³/mol. The van der Waals surface area contributed by atoms with Gasteiger partial charge in [-0.25, -0.2) is 23.1 Å². The maximum Gasteiger partial charge on any atom is 0.266 e. The summed E-state index contributed by atoms with van der Waals surface area (Å²) in [6.07, 6.45) is 0.950. The number of aryl methyl sites for hydroxylation is 1. The smallest absolute Gasteiger partial charge is 0.266 e. The van der Waals surface area contributed by atoms with Gasteiger partial charge >= 0.3 is 0 Å². The van der Waals surface area contributed by atoms with Crippen LogP contribution in [0.1, 0.15) is 42.0 Å². The quantitative estimate of drug-likeness (QED) is 0.571. The van der Waals surface area contributed by atoms with Crippen LogP contribution in [0, 0.1) is 12.7 Å². The highest BCUT2D eigenvalue weighted by Gasteiger charge is 2.20. The van der Waals surface area contributed by atoms with Crippen molar-refractivity contribution in [2.75, 3.05) is 11.9 Å². The van der Waals surface area contributed by atoms with Gasteiger partial charge in [-0.2, -0.15) is 0 Å². The lowest BCUT2D eigenvalue weighted by molar-refractivity contribution is 0.146. The number of nitrogens with zero attached hydrogens (tertiary/aromatic N) is 3. The molecule has 29 heavy (non-hydrogen) atoms. The van der Waals surface area contributed by atoms with Gasteiger partial charge in [0.25, 0.3) is 6.43 Å². The molecule has 152 valence electrons. The molecule has 3 aromatic rings. The summed E-state index contributed by atoms with van der Waals surface area (Å²) < 4.78 is 46.2. The first kappa shape index (κ1) is 20.6. The Labute approximate surface area is 167 Å². The zero-order valence-corrected chi connectivity index (χ0v) is 16.1. The van der Waals surface area contributed by atoms with E-state index in [1.165, 1.54) is 18.3 Å². The number of hydrogen-bond acceptors (Lipinski definition) is 5. The number of rotatable bonds is 8. The molecule has 0 amide bonds. The van der Waals surface area contributed by atoms with E-state index in [2.05, 4.69) is 20.3 Å². The summed E-state index contributed by atoms with van der Waals surface area (Å²) in [6, 6.07) is 8.98. The predicted octanol–water partition coefficient (Wildman–Crippen LogP) is 5.05. The molecule has 2 heterocycles. The number of anilines is 1. The van der Waals surface area contributed by atoms with E-state index >= 15 is 0 Å². The molecule has 0 fully saturated rings. The lowest BCUT2D eigenvalue weighted by Crippen LogP contribution is -2.14. The van der Waals surface area contributed by atoms with Crippen molar-refractivity contribution in [2.45, 2.75) is 32.7 Å². The maximum absolute atomic E-state index is 14.5. The normalized spacial score (nSPS) is 12.1. The van der Waals surface area contributed by atoms with Gasteiger partial charge < -0.3 is 10.1 Å². The van der Waals surface area contributed by atoms with Gasteiger partial charge in [0.15, 0.2) is 11.6 Å². The van der Waals surface area contributed by atoms with Crippen LogP contribution in [0.3, 0.4) is 0 Å². The summed E-state index contributed by atoms with van der Waals surface area (Å²) in [4.78, 5) is 12.7. The Morgan fingerprint density at radius 3 is 2.59 bits per heavy atom. The van der Waals surface area contributed by atoms with Gasteiger partial charge in [0, 0.05) is 23.9 Å². The fourth-order valence-electron chi connectivity index (χ4n) is 2.83. The Balaban J connectivity index is 1.75. The molecular formula is C21H21F3N4O. The van der Waals surface area contributed by atoms with Crippen LogP contribution in [0.15, 0.2) is 48.8 Å². The maximum atomic E-state index is 14.5. The van der Waals surface area contributed by atoms with E-state index in [4.69, 9.17) is 4.74 Å². The van der Waals surface area contributed by atoms with Gasteiger partial charge in [-0.05, 0) is 26.0 Å². The molecule has 1 aromatic carbocycles. The highest BCUT2D eigenvalue weighted by atomic mass is 19.3. The van der Waals surface area contributed by atoms with Crippen molar-refractivity contribution in [2.24, 2.45) is 0 Å². The van der Waals surface area contributed by atoms with Crippen LogP contribution in [-0.4, -0.2) is 21.6 Å². The lowest BCUT2D eigenvalue weighted by atomic mass is 10.0. The van der Waals surface area contributed by atoms with Crippen molar-refractivity contribution in [3.8, 4) is 5.75 Å². The van der Waals surface area contributed by atoms with E-state index in [9.17, 15) is 13.2 Å². The molecule has 0 radical (unpaired) electrons. The number of hydrogen-bond donors (Lipinski definition) is 1. The Kier molecular flexibility index (Phi) is 6.64. The van der Waals surface area contributed by atoms with Gasteiger partial charge in [0.1, 0.15) is 11.6 Å². The molecule has 0 aliphatic heterocycles. The summed E-state index contributed by atoms with van der Waals surface area (Å²) in [7, 11) is 0. The number of alkyl halides is 2. The van der Waals surface area contributed by atoms with Crippen molar-refractivity contribution >= 4 is 5.82 Å². The van der Waals surface area contributed by atoms with Gasteiger partial charge in [0.2, 0.25) is 0 Å². The zero-order valence-electron chi connectivity index (χ0n) is 16.1. The fourth-order valence-corrected chi connectivity index (χ4v) is 2.83. The molecular weight excluding hydrogens is 381 g/mol. The van der Waals surface area contributed by atoms with Gasteiger partial charge in [-0.3, -0.25) is 4.98 Å². The fraction of sp³-hybridized carbons (Fsp3) is 0.286. The van der Waals surface area contributed by atoms with E-state index in [0.29, 0.717) is 30.4 Å². The summed E-state index contributed by atoms with van der Waals surface area (Å²) in [5.74, 6) is 0.334. The minimum Gasteiger partial charge on any atom is -0.488 e. The first-order valence-corrected chi connectivity index (χ1v) is 9.15. The van der Waals surface area contributed by atoms with Crippen molar-refractivity contribution in [1.29, 1.82) is 0 Å². The Morgan fingerprint density at radius 1 is 1.07 bits per heavy atom. The second-order valence-corrected chi connectivity index (χ2v) is 6.47. The van der Waals surface area contributed by atoms with E-state index in [1.807, 2.05) is 18.2 Å². The highest BCUT2D eigenvalue weighted by molar-refractivity contribution is 5.50. The molecule has 1 N–H and O–H groups in total. The summed E-state index contributed by atoms with van der Waals surface area (Å²) >= 11 is 0. The molecule has 0 aliphatic rings. The standard InChI is InChI=1S/C21H21F3N4O/c1-13(16-7-5-8-17(19(16)22)20(23)24)27-21-18(12-26-14(2)28-21)29-11-9-15-6-3-4-10-25-15/h3-8,10,12-13,20H,9,11H2,1-2H3,(H,26,27,28)/t13-/m1/s1. The minimum absolute atomic E-state index is 0.124. The second kappa shape index (κ2) is 9.36. The van der Waals surface area contributed by atoms with E-state index in [0.717, 1.165) is 11.8 Å². The van der Waals surface area contributed by atoms with Crippen LogP contribution in [0.25, 0.3) is 0 Å². The SMILES string of the molecule is Cc1ncc(OCCc2ccccn2)c(N[C@H](C)c2cccc(C(F)F)c2F)n1. The molecule has 1 atom stereocenters. The molecule has 0 aliphatic carbocycles. The highest BCUT2D eigenvalue weighted by Crippen LogP contribution is 2.30. The zero-order chi connectivity index (χ0) is 20.8. The average molecular weight is 402 g/mol. The minimum atomic E-state index is -2.88. The van der Waals surface area contributed by atoms with Crippen molar-refractivity contribution in [3.63, 3.8) is 0 Å². The Bertz CT molecular complexity index is 954. The van der Waals surface area contributed by atoms with Crippen LogP contribution in [0.4, 0.5) is 19.0 Å². The van der Waals surface area contributed by atoms with Gasteiger partial charge in [-0.15, -0.1) is 0 Å². The Morgan fingerprint density at radius 2 is 1.86 bits per heavy atom. The summed E-state index contributed by atoms with van der Waals surface area (Å²) in [5.41, 5.74) is 0.384. The van der Waals surface area contributed by atoms with E-state index < -0.39 is 23.8 Å². The number of benzene rings is 1. The summed E-state index contributed by atoms with van der Waals surface area (Å²) in [5, 5.41) is 3.05. The molecule has 0 spiro atoms. The van der Waals surface area contributed by atoms with E-state index in [-0.39, 0.29) is 5.56 Å². The lowest BCUT2D eigenvalue weighted by Gasteiger charge is -2.19. The molecule has 0 saturated heterocycles. The van der Waals surface area contributed by atoms with Crippen molar-refractivity contribution in [3.05, 3.63) is 77.3 Å². The third kappa shape index (κ3) is 5.22. The van der Waals surface area contributed by atoms with Gasteiger partial charge in [-0.1, -0.05) is 24.3 Å². The van der Waals surface area contributed by atoms with Crippen molar-refractivity contribution < 1.29 is 17.9 Å². The van der Waals surface area contributed by atoms with Crippen LogP contribution >= 0.6 is 0 Å². The first-order chi connectivity index (χ1) is 14.0. The number of pyridine rings is 1. The monoisotopic (exact) mass is 402 g/mol. The molecule has 8 heteroatoms. The third-order valence-electron chi connectivity index (χ3n) is 4.33. The first-order valence-electron chi connectivity index (χ1n) is 9.15. The average Bonchev–Trinajstić information content (AvgIpc) is 2.70. The number of ether oxygens (including phenoxy) is 1. The molecule has 3 rings (SSSR count). The third-order valence-corrected chi connectivity index (χ3v) is 4.33. The second-order valence-electron chi connectivity index (χ2n) is 6.47. The molecule has 0 bridgehead atoms. The topological polar surface area (TPSA) is 59.9 Å².